The Labute approximate surface area is 578 Å². The zero-order valence-corrected chi connectivity index (χ0v) is 54.4. The van der Waals surface area contributed by atoms with Crippen molar-refractivity contribution in [3.05, 3.63) is 438 Å². The number of aliphatic imine (C=N–C) groups is 8. The molecular weight excluding hydrogens is 1240 g/mol. The summed E-state index contributed by atoms with van der Waals surface area (Å²) in [6, 6.07) is 108. The van der Waals surface area contributed by atoms with Gasteiger partial charge in [-0.25, -0.2) is 39.9 Å². The molecule has 0 saturated carbocycles. The van der Waals surface area contributed by atoms with Gasteiger partial charge in [0.15, 0.2) is 0 Å². The fraction of sp³-hybridized carbons (Fsp3) is 0.0698. The first-order chi connectivity index (χ1) is 49.0. The number of aryl methyl sites for hydroxylation is 2. The minimum absolute atomic E-state index is 0.0757. The van der Waals surface area contributed by atoms with Crippen molar-refractivity contribution in [3.8, 4) is 0 Å². The van der Waals surface area contributed by atoms with Crippen molar-refractivity contribution in [3.63, 3.8) is 0 Å². The lowest BCUT2D eigenvalue weighted by atomic mass is 9.79. The van der Waals surface area contributed by atoms with E-state index in [1.165, 1.54) is 12.1 Å². The molecule has 480 valence electrons. The number of nitrogens with zero attached hydrogens (tertiary/aromatic N) is 10. The predicted molar refractivity (Wildman–Crippen MR) is 399 cm³/mol. The minimum Gasteiger partial charge on any atom is -0.258 e. The topological polar surface area (TPSA) is 185 Å². The maximum Gasteiger partial charge on any atom is 0.277 e. The molecule has 14 heteroatoms. The Morgan fingerprint density at radius 2 is 0.360 bits per heavy atom. The van der Waals surface area contributed by atoms with E-state index < -0.39 is 32.5 Å². The van der Waals surface area contributed by atoms with Gasteiger partial charge in [-0.2, -0.15) is 0 Å². The van der Waals surface area contributed by atoms with Crippen LogP contribution in [0, 0.1) is 34.1 Å². The second-order valence-electron chi connectivity index (χ2n) is 24.5. The summed E-state index contributed by atoms with van der Waals surface area (Å²) in [6.45, 7) is 4.27. The van der Waals surface area contributed by atoms with E-state index in [-0.39, 0.29) is 22.5 Å². The summed E-state index contributed by atoms with van der Waals surface area (Å²) in [5, 5.41) is 25.9. The van der Waals surface area contributed by atoms with Crippen molar-refractivity contribution in [2.45, 2.75) is 36.5 Å². The Morgan fingerprint density at radius 1 is 0.210 bits per heavy atom. The van der Waals surface area contributed by atoms with Crippen LogP contribution in [0.25, 0.3) is 0 Å². The van der Waals surface area contributed by atoms with Crippen molar-refractivity contribution in [2.24, 2.45) is 39.9 Å². The molecule has 14 nitrogen and oxygen atoms in total. The largest absolute Gasteiger partial charge is 0.277 e. The molecule has 12 aromatic carbocycles. The molecule has 0 saturated heterocycles. The molecule has 0 aliphatic carbocycles. The number of hydrogen-bond donors (Lipinski definition) is 0. The van der Waals surface area contributed by atoms with Crippen molar-refractivity contribution in [2.75, 3.05) is 0 Å². The molecule has 0 unspecified atom stereocenters. The Morgan fingerprint density at radius 3 is 0.540 bits per heavy atom. The van der Waals surface area contributed by atoms with Gasteiger partial charge in [0.2, 0.25) is 22.7 Å². The third kappa shape index (κ3) is 11.0. The molecule has 12 aromatic rings. The normalized spacial score (nSPS) is 15.9. The Kier molecular flexibility index (Phi) is 16.6. The Bertz CT molecular complexity index is 4810. The number of para-hydroxylation sites is 2. The highest BCUT2D eigenvalue weighted by atomic mass is 16.6. The quantitative estimate of drug-likeness (QED) is 0.0689. The molecule has 0 atom stereocenters. The van der Waals surface area contributed by atoms with Gasteiger partial charge in [-0.3, -0.25) is 20.2 Å². The molecule has 4 heterocycles. The molecule has 100 heavy (non-hydrogen) atoms. The van der Waals surface area contributed by atoms with Crippen molar-refractivity contribution >= 4 is 57.1 Å². The molecule has 0 fully saturated rings. The minimum atomic E-state index is -2.06. The molecule has 0 bridgehead atoms. The highest BCUT2D eigenvalue weighted by Crippen LogP contribution is 2.59. The molecule has 0 N–H and O–H groups in total. The van der Waals surface area contributed by atoms with Gasteiger partial charge in [0.05, 0.1) is 66.7 Å². The molecule has 0 amide bonds. The fourth-order valence-corrected chi connectivity index (χ4v) is 13.8. The van der Waals surface area contributed by atoms with Crippen LogP contribution in [0.4, 0.5) is 11.4 Å². The van der Waals surface area contributed by atoms with Crippen LogP contribution in [0.5, 0.6) is 0 Å². The van der Waals surface area contributed by atoms with E-state index in [9.17, 15) is 20.2 Å². The van der Waals surface area contributed by atoms with E-state index in [0.717, 1.165) is 67.4 Å². The second-order valence-corrected chi connectivity index (χ2v) is 24.5. The first-order valence-corrected chi connectivity index (χ1v) is 32.9. The molecular formula is C86H62N10O4. The predicted octanol–water partition coefficient (Wildman–Crippen LogP) is 17.8. The average molecular weight is 1300 g/mol. The van der Waals surface area contributed by atoms with Gasteiger partial charge in [-0.1, -0.05) is 315 Å². The highest BCUT2D eigenvalue weighted by Gasteiger charge is 2.65. The van der Waals surface area contributed by atoms with Gasteiger partial charge in [0, 0.05) is 67.8 Å². The third-order valence-electron chi connectivity index (χ3n) is 18.4. The van der Waals surface area contributed by atoms with Crippen LogP contribution in [0.3, 0.4) is 0 Å². The van der Waals surface area contributed by atoms with Crippen molar-refractivity contribution in [1.29, 1.82) is 0 Å². The molecule has 4 aliphatic rings. The summed E-state index contributed by atoms with van der Waals surface area (Å²) in [5.74, 6) is 0. The van der Waals surface area contributed by atoms with Crippen LogP contribution >= 0.6 is 0 Å². The van der Waals surface area contributed by atoms with Gasteiger partial charge in [0.25, 0.3) is 11.4 Å². The van der Waals surface area contributed by atoms with Crippen LogP contribution in [0.1, 0.15) is 77.9 Å². The van der Waals surface area contributed by atoms with E-state index >= 15 is 0 Å². The third-order valence-corrected chi connectivity index (χ3v) is 18.4. The summed E-state index contributed by atoms with van der Waals surface area (Å²) >= 11 is 0. The molecule has 0 spiro atoms. The van der Waals surface area contributed by atoms with Crippen LogP contribution in [0.15, 0.2) is 380 Å². The van der Waals surface area contributed by atoms with Crippen LogP contribution in [-0.2, 0) is 22.7 Å². The maximum atomic E-state index is 13.0. The van der Waals surface area contributed by atoms with E-state index in [2.05, 4.69) is 159 Å². The summed E-state index contributed by atoms with van der Waals surface area (Å²) in [5.41, 5.74) is 8.72. The smallest absolute Gasteiger partial charge is 0.258 e. The number of benzene rings is 12. The molecule has 4 aliphatic heterocycles. The number of rotatable bonds is 16. The van der Waals surface area contributed by atoms with E-state index in [1.807, 2.05) is 146 Å². The lowest BCUT2D eigenvalue weighted by Crippen LogP contribution is -2.44. The SMILES string of the molecule is Cc1ccccc1C1(C2(c3ccccc3C)N=C(c3ccccc3)C(c3ccccc3)=N2)N=C(c2ccccc2)C(c2ccccc2)=N1.O=[N+]([O-])c1ccccc1C1(C2(c3ccccc3[N+](=O)[O-])N=C(c3ccccc3)C(c3ccccc3)=N2)N=C(c2ccccc2)C(c2ccccc2)=N1. The lowest BCUT2D eigenvalue weighted by molar-refractivity contribution is -0.387. The van der Waals surface area contributed by atoms with Gasteiger partial charge in [-0.15, -0.1) is 0 Å². The molecule has 0 aromatic heterocycles. The Balaban J connectivity index is 0.000000163. The summed E-state index contributed by atoms with van der Waals surface area (Å²) in [6.07, 6.45) is 0. The van der Waals surface area contributed by atoms with E-state index in [1.54, 1.807) is 36.4 Å². The van der Waals surface area contributed by atoms with Gasteiger partial charge >= 0.3 is 0 Å². The fourth-order valence-electron chi connectivity index (χ4n) is 13.8. The van der Waals surface area contributed by atoms with E-state index in [0.29, 0.717) is 45.1 Å². The maximum absolute atomic E-state index is 13.0. The summed E-state index contributed by atoms with van der Waals surface area (Å²) < 4.78 is 0. The van der Waals surface area contributed by atoms with Crippen LogP contribution in [0.2, 0.25) is 0 Å². The zero-order valence-electron chi connectivity index (χ0n) is 54.4. The molecule has 16 rings (SSSR count). The average Bonchev–Trinajstić information content (AvgIpc) is 1.52. The van der Waals surface area contributed by atoms with E-state index in [4.69, 9.17) is 39.9 Å². The summed E-state index contributed by atoms with van der Waals surface area (Å²) in [4.78, 5) is 69.8. The highest BCUT2D eigenvalue weighted by molar-refractivity contribution is 6.57. The molecule has 0 radical (unpaired) electrons. The standard InChI is InChI=1S/C44H34N4.C42H28N6O4/c1-31-19-15-17-29-37(31)43(45-39(33-21-7-3-8-22-33)40(46-43)34-23-9-4-10-24-34)44(38-30-18-16-20-32(38)2)47-41(35-25-11-5-12-26-35)42(48-44)36-27-13-6-14-28-36;49-47(50)35-27-15-13-25-33(35)41(43-37(29-17-5-1-6-18-29)38(44-41)30-19-7-2-8-20-30)42(34-26-14-16-28-36(34)48(51)52)45-39(31-21-9-3-10-22-31)40(46-42)32-23-11-4-12-24-32/h3-30H,1-2H3;1-28H. The zero-order chi connectivity index (χ0) is 68.3. The Hall–Kier alpha value is -13.2. The first kappa shape index (κ1) is 62.9. The first-order valence-electron chi connectivity index (χ1n) is 32.9. The van der Waals surface area contributed by atoms with Gasteiger partial charge in [-0.05, 0) is 37.1 Å². The van der Waals surface area contributed by atoms with Crippen molar-refractivity contribution < 1.29 is 9.85 Å². The van der Waals surface area contributed by atoms with Crippen molar-refractivity contribution in [1.82, 2.24) is 0 Å². The van der Waals surface area contributed by atoms with Gasteiger partial charge in [0.1, 0.15) is 0 Å². The van der Waals surface area contributed by atoms with Crippen LogP contribution < -0.4 is 0 Å². The van der Waals surface area contributed by atoms with Gasteiger partial charge < -0.3 is 0 Å². The monoisotopic (exact) mass is 1300 g/mol. The summed E-state index contributed by atoms with van der Waals surface area (Å²) in [7, 11) is 0. The lowest BCUT2D eigenvalue weighted by Gasteiger charge is -2.39. The second kappa shape index (κ2) is 26.4. The van der Waals surface area contributed by atoms with Crippen LogP contribution in [-0.4, -0.2) is 55.5 Å². The number of nitro benzene ring substituents is 2. The number of nitro groups is 2. The number of hydrogen-bond acceptors (Lipinski definition) is 12.